The third-order valence-electron chi connectivity index (χ3n) is 6.00. The molecule has 1 aromatic carbocycles. The Morgan fingerprint density at radius 3 is 2.58 bits per heavy atom. The van der Waals surface area contributed by atoms with Gasteiger partial charge in [0.15, 0.2) is 0 Å². The lowest BCUT2D eigenvalue weighted by Crippen LogP contribution is -2.48. The van der Waals surface area contributed by atoms with Crippen molar-refractivity contribution in [2.24, 2.45) is 23.5 Å². The highest BCUT2D eigenvalue weighted by atomic mass is 35.5. The van der Waals surface area contributed by atoms with Crippen LogP contribution in [0.4, 0.5) is 5.82 Å². The van der Waals surface area contributed by atoms with Gasteiger partial charge in [-0.2, -0.15) is 5.10 Å². The molecule has 2 aliphatic carbocycles. The molecule has 6 heteroatoms. The van der Waals surface area contributed by atoms with Crippen LogP contribution in [0.2, 0.25) is 5.02 Å². The molecule has 0 aliphatic heterocycles. The van der Waals surface area contributed by atoms with Crippen LogP contribution in [-0.4, -0.2) is 21.7 Å². The number of nitrogens with two attached hydrogens (primary N) is 1. The molecule has 2 fully saturated rings. The van der Waals surface area contributed by atoms with E-state index >= 15 is 0 Å². The average molecular weight is 373 g/mol. The molecule has 138 valence electrons. The van der Waals surface area contributed by atoms with Crippen LogP contribution in [0.1, 0.15) is 37.7 Å². The SMILES string of the molecule is NC1C2CCCC1CC(C(=O)Nc1ccnn1Cc1ccc(Cl)cc1)C2. The zero-order valence-electron chi connectivity index (χ0n) is 14.8. The van der Waals surface area contributed by atoms with Gasteiger partial charge in [0, 0.05) is 23.0 Å². The van der Waals surface area contributed by atoms with E-state index in [1.807, 2.05) is 35.0 Å². The maximum absolute atomic E-state index is 12.8. The molecule has 2 unspecified atom stereocenters. The molecule has 26 heavy (non-hydrogen) atoms. The number of halogens is 1. The minimum Gasteiger partial charge on any atom is -0.327 e. The first-order valence-electron chi connectivity index (χ1n) is 9.43. The van der Waals surface area contributed by atoms with Gasteiger partial charge in [0.05, 0.1) is 12.7 Å². The molecule has 2 aromatic rings. The quantitative estimate of drug-likeness (QED) is 0.859. The van der Waals surface area contributed by atoms with Crippen molar-refractivity contribution < 1.29 is 4.79 Å². The van der Waals surface area contributed by atoms with Crippen molar-refractivity contribution in [3.05, 3.63) is 47.1 Å². The van der Waals surface area contributed by atoms with Crippen LogP contribution in [-0.2, 0) is 11.3 Å². The van der Waals surface area contributed by atoms with Crippen LogP contribution in [0.3, 0.4) is 0 Å². The molecule has 2 saturated carbocycles. The van der Waals surface area contributed by atoms with Gasteiger partial charge in [-0.3, -0.25) is 4.79 Å². The second-order valence-electron chi connectivity index (χ2n) is 7.69. The summed E-state index contributed by atoms with van der Waals surface area (Å²) in [7, 11) is 0. The van der Waals surface area contributed by atoms with Gasteiger partial charge < -0.3 is 11.1 Å². The van der Waals surface area contributed by atoms with Gasteiger partial charge in [-0.15, -0.1) is 0 Å². The molecule has 2 aliphatic rings. The largest absolute Gasteiger partial charge is 0.327 e. The van der Waals surface area contributed by atoms with Crippen molar-refractivity contribution in [1.82, 2.24) is 9.78 Å². The summed E-state index contributed by atoms with van der Waals surface area (Å²) in [5, 5.41) is 8.15. The number of nitrogens with one attached hydrogen (secondary N) is 1. The second kappa shape index (κ2) is 7.41. The fraction of sp³-hybridized carbons (Fsp3) is 0.500. The van der Waals surface area contributed by atoms with Crippen LogP contribution in [0.25, 0.3) is 0 Å². The van der Waals surface area contributed by atoms with E-state index in [0.717, 1.165) is 37.1 Å². The van der Waals surface area contributed by atoms with E-state index in [2.05, 4.69) is 10.4 Å². The number of amides is 1. The highest BCUT2D eigenvalue weighted by molar-refractivity contribution is 6.30. The lowest BCUT2D eigenvalue weighted by Gasteiger charge is -2.43. The maximum atomic E-state index is 12.8. The Hall–Kier alpha value is -1.85. The summed E-state index contributed by atoms with van der Waals surface area (Å²) in [4.78, 5) is 12.8. The lowest BCUT2D eigenvalue weighted by atomic mass is 9.65. The third-order valence-corrected chi connectivity index (χ3v) is 6.25. The van der Waals surface area contributed by atoms with Gasteiger partial charge in [0.1, 0.15) is 5.82 Å². The first-order valence-corrected chi connectivity index (χ1v) is 9.80. The van der Waals surface area contributed by atoms with Crippen LogP contribution in [0.15, 0.2) is 36.5 Å². The summed E-state index contributed by atoms with van der Waals surface area (Å²) >= 11 is 5.94. The van der Waals surface area contributed by atoms with Crippen LogP contribution >= 0.6 is 11.6 Å². The normalized spacial score (nSPS) is 27.9. The monoisotopic (exact) mass is 372 g/mol. The number of aromatic nitrogens is 2. The zero-order chi connectivity index (χ0) is 18.1. The lowest BCUT2D eigenvalue weighted by molar-refractivity contribution is -0.122. The van der Waals surface area contributed by atoms with Crippen molar-refractivity contribution >= 4 is 23.3 Å². The second-order valence-corrected chi connectivity index (χ2v) is 8.12. The van der Waals surface area contributed by atoms with Gasteiger partial charge in [-0.05, 0) is 55.2 Å². The Kier molecular flexibility index (Phi) is 5.00. The number of benzene rings is 1. The zero-order valence-corrected chi connectivity index (χ0v) is 15.5. The van der Waals surface area contributed by atoms with Crippen molar-refractivity contribution in [3.63, 3.8) is 0 Å². The van der Waals surface area contributed by atoms with Crippen molar-refractivity contribution in [2.45, 2.75) is 44.7 Å². The highest BCUT2D eigenvalue weighted by Gasteiger charge is 2.40. The highest BCUT2D eigenvalue weighted by Crippen LogP contribution is 2.42. The van der Waals surface area contributed by atoms with E-state index in [-0.39, 0.29) is 17.9 Å². The summed E-state index contributed by atoms with van der Waals surface area (Å²) in [5.41, 5.74) is 7.44. The number of hydrogen-bond donors (Lipinski definition) is 2. The topological polar surface area (TPSA) is 72.9 Å². The molecule has 1 heterocycles. The molecule has 2 atom stereocenters. The first-order chi connectivity index (χ1) is 12.6. The fourth-order valence-corrected chi connectivity index (χ4v) is 4.69. The number of nitrogens with zero attached hydrogens (tertiary/aromatic N) is 2. The number of hydrogen-bond acceptors (Lipinski definition) is 3. The van der Waals surface area contributed by atoms with Gasteiger partial charge in [0.25, 0.3) is 0 Å². The molecule has 2 bridgehead atoms. The summed E-state index contributed by atoms with van der Waals surface area (Å²) < 4.78 is 1.82. The van der Waals surface area contributed by atoms with E-state index in [9.17, 15) is 4.79 Å². The van der Waals surface area contributed by atoms with Crippen molar-refractivity contribution in [1.29, 1.82) is 0 Å². The van der Waals surface area contributed by atoms with Crippen LogP contribution < -0.4 is 11.1 Å². The predicted molar refractivity (Wildman–Crippen MR) is 103 cm³/mol. The summed E-state index contributed by atoms with van der Waals surface area (Å²) in [5.74, 6) is 1.90. The molecule has 0 saturated heterocycles. The average Bonchev–Trinajstić information content (AvgIpc) is 3.03. The first kappa shape index (κ1) is 17.6. The predicted octanol–water partition coefficient (Wildman–Crippen LogP) is 3.68. The number of carbonyl (C=O) groups is 1. The number of rotatable bonds is 4. The molecule has 1 amide bonds. The van der Waals surface area contributed by atoms with E-state index in [1.165, 1.54) is 6.42 Å². The number of fused-ring (bicyclic) bond motifs is 2. The van der Waals surface area contributed by atoms with Crippen molar-refractivity contribution in [2.75, 3.05) is 5.32 Å². The smallest absolute Gasteiger partial charge is 0.228 e. The maximum Gasteiger partial charge on any atom is 0.228 e. The molecular formula is C20H25ClN4O. The minimum absolute atomic E-state index is 0.0592. The summed E-state index contributed by atoms with van der Waals surface area (Å²) in [6, 6.07) is 9.80. The molecule has 0 radical (unpaired) electrons. The Morgan fingerprint density at radius 2 is 1.88 bits per heavy atom. The van der Waals surface area contributed by atoms with Gasteiger partial charge in [0.2, 0.25) is 5.91 Å². The van der Waals surface area contributed by atoms with Gasteiger partial charge >= 0.3 is 0 Å². The molecule has 1 aromatic heterocycles. The molecule has 4 rings (SSSR count). The molecule has 5 nitrogen and oxygen atoms in total. The minimum atomic E-state index is 0.0592. The standard InChI is InChI=1S/C20H25ClN4O/c21-17-6-4-13(5-7-17)12-25-18(8-9-23-25)24-20(26)16-10-14-2-1-3-15(11-16)19(14)22/h4-9,14-16,19H,1-3,10-12,22H2,(H,24,26). The molecule has 3 N–H and O–H groups in total. The Bertz CT molecular complexity index is 758. The third kappa shape index (κ3) is 3.64. The van der Waals surface area contributed by atoms with Crippen LogP contribution in [0, 0.1) is 17.8 Å². The Labute approximate surface area is 158 Å². The van der Waals surface area contributed by atoms with E-state index in [0.29, 0.717) is 23.4 Å². The van der Waals surface area contributed by atoms with E-state index < -0.39 is 0 Å². The summed E-state index contributed by atoms with van der Waals surface area (Å²) in [6.45, 7) is 0.598. The van der Waals surface area contributed by atoms with E-state index in [4.69, 9.17) is 17.3 Å². The Morgan fingerprint density at radius 1 is 1.19 bits per heavy atom. The summed E-state index contributed by atoms with van der Waals surface area (Å²) in [6.07, 6.45) is 7.12. The number of anilines is 1. The number of carbonyl (C=O) groups excluding carboxylic acids is 1. The van der Waals surface area contributed by atoms with Gasteiger partial charge in [-0.25, -0.2) is 4.68 Å². The molecular weight excluding hydrogens is 348 g/mol. The van der Waals surface area contributed by atoms with Gasteiger partial charge in [-0.1, -0.05) is 30.2 Å². The van der Waals surface area contributed by atoms with Crippen molar-refractivity contribution in [3.8, 4) is 0 Å². The van der Waals surface area contributed by atoms with Crippen LogP contribution in [0.5, 0.6) is 0 Å². The van der Waals surface area contributed by atoms with E-state index in [1.54, 1.807) is 6.20 Å². The Balaban J connectivity index is 1.42. The molecule has 0 spiro atoms. The fourth-order valence-electron chi connectivity index (χ4n) is 4.56.